The number of amides is 1. The first kappa shape index (κ1) is 18.0. The second-order valence-electron chi connectivity index (χ2n) is 6.33. The molecule has 128 valence electrons. The number of hydrogen-bond acceptors (Lipinski definition) is 2. The summed E-state index contributed by atoms with van der Waals surface area (Å²) in [6, 6.07) is 12.5. The van der Waals surface area contributed by atoms with Gasteiger partial charge in [0.05, 0.1) is 0 Å². The summed E-state index contributed by atoms with van der Waals surface area (Å²) in [4.78, 5) is 13.8. The molecule has 2 aromatic carbocycles. The average Bonchev–Trinajstić information content (AvgIpc) is 2.54. The van der Waals surface area contributed by atoms with Gasteiger partial charge in [-0.1, -0.05) is 44.2 Å². The number of rotatable bonds is 6. The van der Waals surface area contributed by atoms with Gasteiger partial charge in [0.25, 0.3) is 5.91 Å². The van der Waals surface area contributed by atoms with Crippen LogP contribution in [0.15, 0.2) is 42.5 Å². The Balaban J connectivity index is 2.00. The first-order valence-electron chi connectivity index (χ1n) is 8.09. The second-order valence-corrected chi connectivity index (χ2v) is 6.33. The first-order chi connectivity index (χ1) is 11.4. The highest BCUT2D eigenvalue weighted by atomic mass is 19.1. The van der Waals surface area contributed by atoms with E-state index >= 15 is 0 Å². The maximum absolute atomic E-state index is 13.7. The minimum Gasteiger partial charge on any atom is -0.483 e. The van der Waals surface area contributed by atoms with E-state index in [1.165, 1.54) is 11.0 Å². The van der Waals surface area contributed by atoms with E-state index in [0.717, 1.165) is 16.9 Å². The molecule has 0 spiro atoms. The molecule has 0 aromatic heterocycles. The normalized spacial score (nSPS) is 10.8. The molecule has 3 nitrogen and oxygen atoms in total. The molecule has 0 aliphatic heterocycles. The lowest BCUT2D eigenvalue weighted by atomic mass is 10.0. The zero-order valence-corrected chi connectivity index (χ0v) is 14.7. The van der Waals surface area contributed by atoms with Crippen LogP contribution in [0.4, 0.5) is 4.39 Å². The molecule has 2 aromatic rings. The Morgan fingerprint density at radius 1 is 1.21 bits per heavy atom. The van der Waals surface area contributed by atoms with E-state index in [4.69, 9.17) is 4.74 Å². The van der Waals surface area contributed by atoms with Crippen molar-refractivity contribution in [2.75, 3.05) is 13.7 Å². The minimum atomic E-state index is -0.307. The predicted molar refractivity (Wildman–Crippen MR) is 93.6 cm³/mol. The summed E-state index contributed by atoms with van der Waals surface area (Å²) in [5.74, 6) is 0.554. The molecule has 0 heterocycles. The van der Waals surface area contributed by atoms with Crippen LogP contribution in [0, 0.1) is 12.7 Å². The maximum atomic E-state index is 13.7. The fourth-order valence-electron chi connectivity index (χ4n) is 2.46. The number of ether oxygens (including phenoxy) is 1. The molecule has 24 heavy (non-hydrogen) atoms. The predicted octanol–water partition coefficient (Wildman–Crippen LogP) is 4.29. The molecular formula is C20H24FNO2. The molecule has 0 aliphatic rings. The number of aryl methyl sites for hydroxylation is 1. The van der Waals surface area contributed by atoms with Crippen molar-refractivity contribution in [3.05, 3.63) is 65.0 Å². The Morgan fingerprint density at radius 3 is 2.58 bits per heavy atom. The van der Waals surface area contributed by atoms with Gasteiger partial charge in [-0.2, -0.15) is 0 Å². The second kappa shape index (κ2) is 7.95. The van der Waals surface area contributed by atoms with Crippen LogP contribution in [0.1, 0.15) is 36.5 Å². The molecule has 0 N–H and O–H groups in total. The Bertz CT molecular complexity index is 713. The van der Waals surface area contributed by atoms with Crippen molar-refractivity contribution in [2.24, 2.45) is 0 Å². The van der Waals surface area contributed by atoms with E-state index < -0.39 is 0 Å². The van der Waals surface area contributed by atoms with Crippen molar-refractivity contribution in [3.63, 3.8) is 0 Å². The van der Waals surface area contributed by atoms with Crippen LogP contribution in [-0.2, 0) is 11.3 Å². The molecule has 0 saturated heterocycles. The third-order valence-corrected chi connectivity index (χ3v) is 3.93. The monoisotopic (exact) mass is 329 g/mol. The van der Waals surface area contributed by atoms with Gasteiger partial charge in [-0.05, 0) is 36.1 Å². The highest BCUT2D eigenvalue weighted by molar-refractivity contribution is 5.77. The molecule has 0 radical (unpaired) electrons. The Labute approximate surface area is 143 Å². The Kier molecular flexibility index (Phi) is 5.96. The first-order valence-corrected chi connectivity index (χ1v) is 8.09. The fourth-order valence-corrected chi connectivity index (χ4v) is 2.46. The third kappa shape index (κ3) is 4.57. The van der Waals surface area contributed by atoms with Gasteiger partial charge >= 0.3 is 0 Å². The van der Waals surface area contributed by atoms with Crippen LogP contribution < -0.4 is 4.74 Å². The standard InChI is InChI=1S/C20H24FNO2/c1-14(2)17-10-9-15(3)11-19(17)24-13-20(23)22(4)12-16-7-5-6-8-18(16)21/h5-11,14H,12-13H2,1-4H3. The summed E-state index contributed by atoms with van der Waals surface area (Å²) in [7, 11) is 1.65. The number of carbonyl (C=O) groups is 1. The summed E-state index contributed by atoms with van der Waals surface area (Å²) in [6.45, 7) is 6.32. The maximum Gasteiger partial charge on any atom is 0.260 e. The summed E-state index contributed by atoms with van der Waals surface area (Å²) in [5, 5.41) is 0. The Hall–Kier alpha value is -2.36. The quantitative estimate of drug-likeness (QED) is 0.791. The lowest BCUT2D eigenvalue weighted by molar-refractivity contribution is -0.132. The van der Waals surface area contributed by atoms with Crippen LogP contribution >= 0.6 is 0 Å². The van der Waals surface area contributed by atoms with E-state index in [9.17, 15) is 9.18 Å². The highest BCUT2D eigenvalue weighted by Gasteiger charge is 2.14. The largest absolute Gasteiger partial charge is 0.483 e. The van der Waals surface area contributed by atoms with Crippen LogP contribution in [0.5, 0.6) is 5.75 Å². The number of halogens is 1. The van der Waals surface area contributed by atoms with Crippen molar-refractivity contribution < 1.29 is 13.9 Å². The number of hydrogen-bond donors (Lipinski definition) is 0. The third-order valence-electron chi connectivity index (χ3n) is 3.93. The lowest BCUT2D eigenvalue weighted by Crippen LogP contribution is -2.31. The average molecular weight is 329 g/mol. The SMILES string of the molecule is Cc1ccc(C(C)C)c(OCC(=O)N(C)Cc2ccccc2F)c1. The minimum absolute atomic E-state index is 0.0614. The number of benzene rings is 2. The van der Waals surface area contributed by atoms with E-state index in [2.05, 4.69) is 13.8 Å². The van der Waals surface area contributed by atoms with Crippen molar-refractivity contribution in [1.29, 1.82) is 0 Å². The van der Waals surface area contributed by atoms with Crippen LogP contribution in [0.2, 0.25) is 0 Å². The molecule has 0 atom stereocenters. The van der Waals surface area contributed by atoms with Gasteiger partial charge in [-0.15, -0.1) is 0 Å². The van der Waals surface area contributed by atoms with E-state index in [1.54, 1.807) is 25.2 Å². The molecule has 0 fully saturated rings. The summed E-state index contributed by atoms with van der Waals surface area (Å²) in [6.07, 6.45) is 0. The smallest absolute Gasteiger partial charge is 0.260 e. The van der Waals surface area contributed by atoms with Crippen molar-refractivity contribution >= 4 is 5.91 Å². The van der Waals surface area contributed by atoms with Gasteiger partial charge in [-0.25, -0.2) is 4.39 Å². The molecule has 4 heteroatoms. The molecule has 0 unspecified atom stereocenters. The lowest BCUT2D eigenvalue weighted by Gasteiger charge is -2.19. The summed E-state index contributed by atoms with van der Waals surface area (Å²) in [5.41, 5.74) is 2.65. The molecular weight excluding hydrogens is 305 g/mol. The molecule has 1 amide bonds. The summed E-state index contributed by atoms with van der Waals surface area (Å²) < 4.78 is 19.4. The van der Waals surface area contributed by atoms with E-state index in [-0.39, 0.29) is 24.9 Å². The van der Waals surface area contributed by atoms with Crippen LogP contribution in [0.25, 0.3) is 0 Å². The van der Waals surface area contributed by atoms with E-state index in [1.807, 2.05) is 25.1 Å². The molecule has 2 rings (SSSR count). The van der Waals surface area contributed by atoms with E-state index in [0.29, 0.717) is 11.5 Å². The fraction of sp³-hybridized carbons (Fsp3) is 0.350. The highest BCUT2D eigenvalue weighted by Crippen LogP contribution is 2.27. The van der Waals surface area contributed by atoms with Gasteiger partial charge in [0.2, 0.25) is 0 Å². The number of nitrogens with zero attached hydrogens (tertiary/aromatic N) is 1. The number of carbonyl (C=O) groups excluding carboxylic acids is 1. The van der Waals surface area contributed by atoms with Gasteiger partial charge in [0, 0.05) is 19.2 Å². The van der Waals surface area contributed by atoms with Gasteiger partial charge < -0.3 is 9.64 Å². The van der Waals surface area contributed by atoms with Crippen molar-refractivity contribution in [3.8, 4) is 5.75 Å². The topological polar surface area (TPSA) is 29.5 Å². The van der Waals surface area contributed by atoms with Crippen molar-refractivity contribution in [2.45, 2.75) is 33.2 Å². The van der Waals surface area contributed by atoms with Crippen molar-refractivity contribution in [1.82, 2.24) is 4.90 Å². The van der Waals surface area contributed by atoms with Gasteiger partial charge in [0.1, 0.15) is 11.6 Å². The van der Waals surface area contributed by atoms with Gasteiger partial charge in [0.15, 0.2) is 6.61 Å². The van der Waals surface area contributed by atoms with Crippen LogP contribution in [0.3, 0.4) is 0 Å². The van der Waals surface area contributed by atoms with Gasteiger partial charge in [-0.3, -0.25) is 4.79 Å². The van der Waals surface area contributed by atoms with Crippen LogP contribution in [-0.4, -0.2) is 24.5 Å². The zero-order valence-electron chi connectivity index (χ0n) is 14.7. The molecule has 0 saturated carbocycles. The Morgan fingerprint density at radius 2 is 1.92 bits per heavy atom. The summed E-state index contributed by atoms with van der Waals surface area (Å²) >= 11 is 0. The zero-order chi connectivity index (χ0) is 17.7. The number of likely N-dealkylation sites (N-methyl/N-ethyl adjacent to an activating group) is 1. The molecule has 0 bridgehead atoms. The molecule has 0 aliphatic carbocycles.